The maximum absolute atomic E-state index is 12.3. The quantitative estimate of drug-likeness (QED) is 0.0173. The van der Waals surface area contributed by atoms with Gasteiger partial charge in [0.1, 0.15) is 0 Å². The molecule has 0 N–H and O–H groups in total. The van der Waals surface area contributed by atoms with Gasteiger partial charge in [-0.25, -0.2) is 14.4 Å². The zero-order chi connectivity index (χ0) is 83.5. The van der Waals surface area contributed by atoms with E-state index in [1.807, 2.05) is 54.3 Å². The number of hydrogen-bond acceptors (Lipinski definition) is 10. The average Bonchev–Trinajstić information content (AvgIpc) is 1.59. The van der Waals surface area contributed by atoms with Gasteiger partial charge in [0.25, 0.3) is 0 Å². The van der Waals surface area contributed by atoms with Gasteiger partial charge in [-0.1, -0.05) is 231 Å². The number of carbonyl (C=O) groups excluding carboxylic acids is 3. The summed E-state index contributed by atoms with van der Waals surface area (Å²) in [5.74, 6) is -0.909. The number of ether oxygens (including phenoxy) is 3. The van der Waals surface area contributed by atoms with Gasteiger partial charge in [-0.05, 0) is 121 Å². The van der Waals surface area contributed by atoms with E-state index in [4.69, 9.17) is 33.3 Å². The van der Waals surface area contributed by atoms with Gasteiger partial charge in [-0.3, -0.25) is 0 Å². The third-order valence-corrected chi connectivity index (χ3v) is 67.0. The Morgan fingerprint density at radius 1 is 0.316 bits per heavy atom. The molecular weight excluding hydrogens is 1970 g/mol. The molecule has 0 saturated heterocycles. The van der Waals surface area contributed by atoms with E-state index < -0.39 is 52.6 Å². The predicted octanol–water partition coefficient (Wildman–Crippen LogP) is 28.6. The molecule has 0 fully saturated rings. The number of rotatable bonds is 34. The van der Waals surface area contributed by atoms with Crippen LogP contribution in [0.15, 0.2) is 284 Å². The van der Waals surface area contributed by atoms with Gasteiger partial charge in [-0.15, -0.1) is 22.7 Å². The first kappa shape index (κ1) is 97.3. The summed E-state index contributed by atoms with van der Waals surface area (Å²) < 4.78 is 35.2. The van der Waals surface area contributed by atoms with Crippen molar-refractivity contribution in [2.24, 2.45) is 0 Å². The van der Waals surface area contributed by atoms with Crippen molar-refractivity contribution >= 4 is 207 Å². The number of benzene rings is 9. The van der Waals surface area contributed by atoms with Gasteiger partial charge in [0.05, 0.1) is 36.5 Å². The third-order valence-electron chi connectivity index (χ3n) is 20.3. The molecule has 117 heavy (non-hydrogen) atoms. The van der Waals surface area contributed by atoms with Crippen molar-refractivity contribution in [2.75, 3.05) is 19.8 Å². The molecule has 0 bridgehead atoms. The first-order chi connectivity index (χ1) is 57.2. The Balaban J connectivity index is 0.000000188. The number of fused-ring (bicyclic) bond motifs is 2. The van der Waals surface area contributed by atoms with E-state index in [0.29, 0.717) is 36.5 Å². The molecule has 6 nitrogen and oxygen atoms in total. The Bertz CT molecular complexity index is 4420. The van der Waals surface area contributed by atoms with Crippen LogP contribution in [-0.2, 0) is 30.2 Å². The van der Waals surface area contributed by atoms with Crippen LogP contribution in [0.25, 0.3) is 39.7 Å². The number of unbranched alkanes of at least 4 members (excludes halogenated alkanes) is 6. The van der Waals surface area contributed by atoms with E-state index >= 15 is 0 Å². The summed E-state index contributed by atoms with van der Waals surface area (Å²) in [6.45, 7) is 20.9. The monoisotopic (exact) mass is 2080 g/mol. The maximum Gasteiger partial charge on any atom is -0.0134 e. The van der Waals surface area contributed by atoms with E-state index in [9.17, 15) is 14.4 Å². The van der Waals surface area contributed by atoms with Crippen molar-refractivity contribution in [1.29, 1.82) is 0 Å². The SMILES string of the molecule is CCC[CH2][Sn]([CH2]CCC)([CH2]CCC)[c]1cc2s[c]([Sn]([CH2]CCC)([CH2]CCC)[CH2]CCC)cc2s1.CCOC(=O)c1ccccc1-c1cc2sc(-c3ccccc3C(=O)OCC)cc2s1.CCOC(=O)c1ccccc1Br.[Cl][Pd][Cl].c1ccc(P(c2ccccc2)c2ccccc2)cc1.c1ccc(P(c2ccccc2)c2ccccc2)cc1. The van der Waals surface area contributed by atoms with Crippen molar-refractivity contribution in [3.05, 3.63) is 300 Å². The molecule has 4 heterocycles. The van der Waals surface area contributed by atoms with E-state index in [0.717, 1.165) is 34.8 Å². The Labute approximate surface area is 750 Å². The smallest absolute Gasteiger partial charge is 0.0134 e. The van der Waals surface area contributed by atoms with Crippen molar-refractivity contribution in [2.45, 2.75) is 166 Å². The summed E-state index contributed by atoms with van der Waals surface area (Å²) in [7, 11) is 8.74. The zero-order valence-corrected chi connectivity index (χ0v) is 84.7. The van der Waals surface area contributed by atoms with E-state index in [1.54, 1.807) is 104 Å². The van der Waals surface area contributed by atoms with Gasteiger partial charge < -0.3 is 14.2 Å². The summed E-state index contributed by atoms with van der Waals surface area (Å²) in [5.41, 5.74) is 3.46. The second kappa shape index (κ2) is 54.4. The Morgan fingerprint density at radius 3 is 0.786 bits per heavy atom. The van der Waals surface area contributed by atoms with Gasteiger partial charge in [0, 0.05) is 34.8 Å². The fourth-order valence-electron chi connectivity index (χ4n) is 14.4. The van der Waals surface area contributed by atoms with Crippen LogP contribution < -0.4 is 37.6 Å². The fourth-order valence-corrected chi connectivity index (χ4v) is 63.3. The molecule has 9 aromatic carbocycles. The first-order valence-electron chi connectivity index (χ1n) is 41.5. The molecule has 18 heteroatoms. The van der Waals surface area contributed by atoms with Crippen LogP contribution in [0.5, 0.6) is 0 Å². The number of thiophene rings is 4. The van der Waals surface area contributed by atoms with E-state index in [1.165, 1.54) is 109 Å². The largest absolute Gasteiger partial charge is 0.0622 e. The zero-order valence-electron chi connectivity index (χ0n) is 69.3. The van der Waals surface area contributed by atoms with Crippen LogP contribution in [0.1, 0.15) is 170 Å². The maximum atomic E-state index is 12.3. The van der Waals surface area contributed by atoms with Crippen LogP contribution in [0.3, 0.4) is 0 Å². The molecule has 620 valence electrons. The van der Waals surface area contributed by atoms with Gasteiger partial charge >= 0.3 is 285 Å². The van der Waals surface area contributed by atoms with E-state index in [2.05, 4.69) is 286 Å². The first-order valence-corrected chi connectivity index (χ1v) is 67.2. The van der Waals surface area contributed by atoms with Gasteiger partial charge in [-0.2, -0.15) is 0 Å². The van der Waals surface area contributed by atoms with Crippen LogP contribution in [0.2, 0.25) is 26.6 Å². The molecule has 0 atom stereocenters. The summed E-state index contributed by atoms with van der Waals surface area (Å²) in [5, 5.41) is 8.39. The molecule has 0 unspecified atom stereocenters. The van der Waals surface area contributed by atoms with Crippen LogP contribution in [0.4, 0.5) is 0 Å². The van der Waals surface area contributed by atoms with Gasteiger partial charge in [0.2, 0.25) is 0 Å². The topological polar surface area (TPSA) is 78.9 Å². The summed E-state index contributed by atoms with van der Waals surface area (Å²) >= 11 is 6.43. The summed E-state index contributed by atoms with van der Waals surface area (Å²) in [6.07, 6.45) is 17.1. The minimum atomic E-state index is -2.29. The molecule has 0 radical (unpaired) electrons. The van der Waals surface area contributed by atoms with Crippen molar-refractivity contribution in [3.63, 3.8) is 0 Å². The number of halogens is 3. The van der Waals surface area contributed by atoms with Crippen LogP contribution in [-0.4, -0.2) is 74.5 Å². The molecule has 0 amide bonds. The van der Waals surface area contributed by atoms with Crippen molar-refractivity contribution in [1.82, 2.24) is 0 Å². The third kappa shape index (κ3) is 29.6. The Kier molecular flexibility index (Phi) is 45.3. The Morgan fingerprint density at radius 2 is 0.538 bits per heavy atom. The van der Waals surface area contributed by atoms with Crippen LogP contribution >= 0.6 is 96.2 Å². The fraction of sp³-hybridized carbons (Fsp3) is 0.303. The number of esters is 3. The van der Waals surface area contributed by atoms with E-state index in [-0.39, 0.29) is 33.8 Å². The molecular formula is C99H115BrCl2O6P2PdS4Sn2. The number of hydrogen-bond donors (Lipinski definition) is 0. The number of carbonyl (C=O) groups is 3. The summed E-state index contributed by atoms with van der Waals surface area (Å²) in [4.78, 5) is 37.9. The average molecular weight is 2090 g/mol. The second-order valence-corrected chi connectivity index (χ2v) is 68.9. The van der Waals surface area contributed by atoms with Crippen molar-refractivity contribution in [3.8, 4) is 20.9 Å². The summed E-state index contributed by atoms with van der Waals surface area (Å²) in [6, 6.07) is 96.6. The van der Waals surface area contributed by atoms with Crippen LogP contribution in [0, 0.1) is 0 Å². The molecule has 13 aromatic rings. The second-order valence-electron chi connectivity index (χ2n) is 28.5. The molecule has 0 saturated carbocycles. The molecule has 0 aliphatic rings. The normalized spacial score (nSPS) is 11.1. The molecule has 0 aliphatic heterocycles. The minimum Gasteiger partial charge on any atom is -0.0622 e. The standard InChI is InChI=1S/C24H20O4S2.2C18H15P.C9H9BrO2.C6H2S2.6C4H9.2ClH.Pd.2Sn/c1-3-27-23(25)17-11-7-5-9-15(17)19-13-21-22(29-19)14-20(30-21)16-10-6-8-12-18(16)24(26)28-4-2;2*1-4-10-16(11-5-1)19(17-12-6-2-7-13-17)18-14-8-3-9-15-18;1-2-12-9(11)7-5-3-4-6-8(7)10;1-3-7-6-2-4-8-5(1)6;6*1-3-4-2;;;;;/h5-14H,3-4H2,1-2H3;2*1-15H;3-6H,2H2,1H3;1-2H;6*1,3-4H2,2H3;2*1H;;;/q;;;;;;;;;;;;;+2;;/p-2. The van der Waals surface area contributed by atoms with Gasteiger partial charge in [0.15, 0.2) is 0 Å². The van der Waals surface area contributed by atoms with Crippen molar-refractivity contribution < 1.29 is 44.5 Å². The molecule has 13 rings (SSSR count). The molecule has 4 aromatic heterocycles. The minimum absolute atomic E-state index is 0.106. The molecule has 0 spiro atoms. The predicted molar refractivity (Wildman–Crippen MR) is 523 cm³/mol. The Hall–Kier alpha value is -5.11. The molecule has 0 aliphatic carbocycles.